The first-order valence-electron chi connectivity index (χ1n) is 8.41. The van der Waals surface area contributed by atoms with Gasteiger partial charge in [-0.3, -0.25) is 9.59 Å². The third-order valence-corrected chi connectivity index (χ3v) is 4.55. The molecule has 24 heavy (non-hydrogen) atoms. The molecule has 2 N–H and O–H groups in total. The van der Waals surface area contributed by atoms with Crippen molar-refractivity contribution in [3.8, 4) is 0 Å². The zero-order valence-electron chi connectivity index (χ0n) is 15.1. The summed E-state index contributed by atoms with van der Waals surface area (Å²) < 4.78 is 0. The molecular weight excluding hydrogens is 308 g/mol. The van der Waals surface area contributed by atoms with Gasteiger partial charge in [0.25, 0.3) is 5.56 Å². The van der Waals surface area contributed by atoms with Crippen molar-refractivity contribution in [2.75, 3.05) is 33.7 Å². The van der Waals surface area contributed by atoms with Crippen molar-refractivity contribution in [2.24, 2.45) is 0 Å². The molecule has 1 amide bonds. The maximum absolute atomic E-state index is 12.6. The Morgan fingerprint density at radius 1 is 1.33 bits per heavy atom. The van der Waals surface area contributed by atoms with E-state index in [1.165, 1.54) is 0 Å². The first kappa shape index (κ1) is 18.6. The normalized spacial score (nSPS) is 21.8. The van der Waals surface area contributed by atoms with E-state index in [2.05, 4.69) is 9.97 Å². The number of carbonyl (C=O) groups is 1. The highest BCUT2D eigenvalue weighted by Crippen LogP contribution is 2.23. The Hall–Kier alpha value is -1.73. The van der Waals surface area contributed by atoms with Gasteiger partial charge < -0.3 is 19.9 Å². The number of nitrogens with zero attached hydrogens (tertiary/aromatic N) is 3. The van der Waals surface area contributed by atoms with Crippen molar-refractivity contribution < 1.29 is 9.90 Å². The topological polar surface area (TPSA) is 89.5 Å². The molecule has 0 aromatic carbocycles. The molecule has 1 saturated heterocycles. The molecule has 134 valence electrons. The Bertz CT molecular complexity index is 656. The van der Waals surface area contributed by atoms with E-state index in [4.69, 9.17) is 0 Å². The van der Waals surface area contributed by atoms with Crippen LogP contribution in [0.5, 0.6) is 0 Å². The highest BCUT2D eigenvalue weighted by Gasteiger charge is 2.32. The first-order chi connectivity index (χ1) is 11.2. The lowest BCUT2D eigenvalue weighted by Gasteiger charge is -2.30. The lowest BCUT2D eigenvalue weighted by molar-refractivity contribution is -0.130. The average molecular weight is 336 g/mol. The van der Waals surface area contributed by atoms with Crippen LogP contribution in [-0.2, 0) is 11.2 Å². The van der Waals surface area contributed by atoms with E-state index in [0.717, 1.165) is 6.42 Å². The zero-order valence-corrected chi connectivity index (χ0v) is 15.1. The molecule has 1 atom stereocenters. The predicted molar refractivity (Wildman–Crippen MR) is 92.0 cm³/mol. The number of hydrogen-bond donors (Lipinski definition) is 2. The van der Waals surface area contributed by atoms with Gasteiger partial charge in [-0.2, -0.15) is 0 Å². The molecule has 1 aliphatic heterocycles. The number of aromatic amines is 1. The number of amides is 1. The molecule has 1 aromatic heterocycles. The summed E-state index contributed by atoms with van der Waals surface area (Å²) in [5, 5.41) is 10.7. The van der Waals surface area contributed by atoms with Crippen LogP contribution in [0.25, 0.3) is 0 Å². The number of aliphatic hydroxyl groups is 1. The lowest BCUT2D eigenvalue weighted by atomic mass is 9.94. The number of likely N-dealkylation sites (tertiary alicyclic amines) is 1. The van der Waals surface area contributed by atoms with Gasteiger partial charge in [0.05, 0.1) is 12.0 Å². The Balaban J connectivity index is 2.05. The van der Waals surface area contributed by atoms with Crippen LogP contribution < -0.4 is 5.56 Å². The summed E-state index contributed by atoms with van der Waals surface area (Å²) in [5.74, 6) is 0.473. The monoisotopic (exact) mass is 336 g/mol. The number of aryl methyl sites for hydroxylation is 2. The van der Waals surface area contributed by atoms with Gasteiger partial charge in [0.2, 0.25) is 5.91 Å². The summed E-state index contributed by atoms with van der Waals surface area (Å²) >= 11 is 0. The molecule has 0 radical (unpaired) electrons. The summed E-state index contributed by atoms with van der Waals surface area (Å²) in [5.41, 5.74) is 0.0337. The molecular formula is C17H28N4O3. The van der Waals surface area contributed by atoms with Gasteiger partial charge in [-0.05, 0) is 47.2 Å². The zero-order chi connectivity index (χ0) is 17.9. The lowest BCUT2D eigenvalue weighted by Crippen LogP contribution is -2.41. The Kier molecular flexibility index (Phi) is 5.77. The third-order valence-electron chi connectivity index (χ3n) is 4.55. The van der Waals surface area contributed by atoms with Crippen molar-refractivity contribution in [1.29, 1.82) is 0 Å². The summed E-state index contributed by atoms with van der Waals surface area (Å²) in [6, 6.07) is 0. The predicted octanol–water partition coefficient (Wildman–Crippen LogP) is 0.234. The van der Waals surface area contributed by atoms with Crippen LogP contribution in [0.1, 0.15) is 36.3 Å². The van der Waals surface area contributed by atoms with E-state index in [9.17, 15) is 14.7 Å². The number of aromatic nitrogens is 2. The number of H-pyrrole nitrogens is 1. The molecule has 0 spiro atoms. The van der Waals surface area contributed by atoms with Crippen LogP contribution in [0.3, 0.4) is 0 Å². The van der Waals surface area contributed by atoms with E-state index in [-0.39, 0.29) is 17.9 Å². The van der Waals surface area contributed by atoms with Crippen molar-refractivity contribution in [3.63, 3.8) is 0 Å². The molecule has 1 aliphatic rings. The number of likely N-dealkylation sites (N-methyl/N-ethyl adjacent to an activating group) is 1. The van der Waals surface area contributed by atoms with E-state index < -0.39 is 5.60 Å². The van der Waals surface area contributed by atoms with E-state index >= 15 is 0 Å². The van der Waals surface area contributed by atoms with Crippen molar-refractivity contribution in [2.45, 2.75) is 45.1 Å². The molecule has 0 saturated carbocycles. The fourth-order valence-corrected chi connectivity index (χ4v) is 3.40. The quantitative estimate of drug-likeness (QED) is 0.822. The average Bonchev–Trinajstić information content (AvgIpc) is 2.63. The van der Waals surface area contributed by atoms with E-state index in [1.807, 2.05) is 19.0 Å². The molecule has 1 unspecified atom stereocenters. The van der Waals surface area contributed by atoms with Gasteiger partial charge in [-0.15, -0.1) is 0 Å². The van der Waals surface area contributed by atoms with Crippen LogP contribution in [0.2, 0.25) is 0 Å². The SMILES string of the molecule is Cc1nc(C)c(CC(=O)N2CCCC(O)(CN(C)C)CC2)c(=O)[nH]1. The second-order valence-electron chi connectivity index (χ2n) is 7.09. The standard InChI is InChI=1S/C17H28N4O3/c1-12-14(16(23)19-13(2)18-12)10-15(22)21-8-5-6-17(24,7-9-21)11-20(3)4/h24H,5-11H2,1-4H3,(H,18,19,23). The van der Waals surface area contributed by atoms with E-state index in [0.29, 0.717) is 49.6 Å². The molecule has 7 nitrogen and oxygen atoms in total. The second-order valence-corrected chi connectivity index (χ2v) is 7.09. The largest absolute Gasteiger partial charge is 0.388 e. The maximum atomic E-state index is 12.6. The summed E-state index contributed by atoms with van der Waals surface area (Å²) in [6.45, 7) is 5.20. The smallest absolute Gasteiger partial charge is 0.254 e. The van der Waals surface area contributed by atoms with Gasteiger partial charge in [0.1, 0.15) is 5.82 Å². The molecule has 1 fully saturated rings. The minimum absolute atomic E-state index is 0.0561. The fourth-order valence-electron chi connectivity index (χ4n) is 3.40. The van der Waals surface area contributed by atoms with Crippen LogP contribution in [0.15, 0.2) is 4.79 Å². The highest BCUT2D eigenvalue weighted by atomic mass is 16.3. The summed E-state index contributed by atoms with van der Waals surface area (Å²) in [6.07, 6.45) is 2.05. The molecule has 2 heterocycles. The first-order valence-corrected chi connectivity index (χ1v) is 8.41. The number of carbonyl (C=O) groups excluding carboxylic acids is 1. The van der Waals surface area contributed by atoms with Crippen molar-refractivity contribution in [1.82, 2.24) is 19.8 Å². The second kappa shape index (κ2) is 7.44. The van der Waals surface area contributed by atoms with Crippen LogP contribution in [0, 0.1) is 13.8 Å². The maximum Gasteiger partial charge on any atom is 0.254 e. The van der Waals surface area contributed by atoms with Gasteiger partial charge in [0, 0.05) is 30.9 Å². The van der Waals surface area contributed by atoms with Crippen LogP contribution >= 0.6 is 0 Å². The summed E-state index contributed by atoms with van der Waals surface area (Å²) in [7, 11) is 3.87. The number of hydrogen-bond acceptors (Lipinski definition) is 5. The minimum atomic E-state index is -0.753. The van der Waals surface area contributed by atoms with Gasteiger partial charge in [0.15, 0.2) is 0 Å². The summed E-state index contributed by atoms with van der Waals surface area (Å²) in [4.78, 5) is 35.3. The minimum Gasteiger partial charge on any atom is -0.388 e. The highest BCUT2D eigenvalue weighted by molar-refractivity contribution is 5.79. The van der Waals surface area contributed by atoms with Gasteiger partial charge >= 0.3 is 0 Å². The van der Waals surface area contributed by atoms with Gasteiger partial charge in [-0.1, -0.05) is 0 Å². The molecule has 0 aliphatic carbocycles. The van der Waals surface area contributed by atoms with Crippen LogP contribution in [0.4, 0.5) is 0 Å². The van der Waals surface area contributed by atoms with Crippen molar-refractivity contribution in [3.05, 3.63) is 27.4 Å². The van der Waals surface area contributed by atoms with Crippen molar-refractivity contribution >= 4 is 5.91 Å². The molecule has 2 rings (SSSR count). The number of rotatable bonds is 4. The van der Waals surface area contributed by atoms with Crippen LogP contribution in [-0.4, -0.2) is 70.1 Å². The fraction of sp³-hybridized carbons (Fsp3) is 0.706. The number of nitrogens with one attached hydrogen (secondary N) is 1. The Labute approximate surface area is 142 Å². The third kappa shape index (κ3) is 4.64. The Morgan fingerprint density at radius 3 is 2.67 bits per heavy atom. The Morgan fingerprint density at radius 2 is 2.04 bits per heavy atom. The molecule has 1 aromatic rings. The van der Waals surface area contributed by atoms with E-state index in [1.54, 1.807) is 18.7 Å². The van der Waals surface area contributed by atoms with Gasteiger partial charge in [-0.25, -0.2) is 4.98 Å². The molecule has 0 bridgehead atoms. The molecule has 7 heteroatoms.